The highest BCUT2D eigenvalue weighted by Gasteiger charge is 2.02. The predicted octanol–water partition coefficient (Wildman–Crippen LogP) is 1.87. The van der Waals surface area contributed by atoms with Gasteiger partial charge in [0.1, 0.15) is 11.6 Å². The van der Waals surface area contributed by atoms with Gasteiger partial charge in [-0.1, -0.05) is 0 Å². The first kappa shape index (κ1) is 12.6. The summed E-state index contributed by atoms with van der Waals surface area (Å²) in [5.41, 5.74) is 1.36. The van der Waals surface area contributed by atoms with E-state index in [-0.39, 0.29) is 0 Å². The first-order valence-corrected chi connectivity index (χ1v) is 5.72. The Labute approximate surface area is 104 Å². The second kappa shape index (κ2) is 5.68. The summed E-state index contributed by atoms with van der Waals surface area (Å²) in [5, 5.41) is 11.3. The molecule has 6 heteroatoms. The van der Waals surface area contributed by atoms with E-state index < -0.39 is 11.6 Å². The minimum atomic E-state index is -0.566. The predicted molar refractivity (Wildman–Crippen MR) is 62.6 cm³/mol. The number of nitrogens with zero attached hydrogens (tertiary/aromatic N) is 3. The van der Waals surface area contributed by atoms with Gasteiger partial charge < -0.3 is 5.32 Å². The molecular formula is C12H14F2N4. The van der Waals surface area contributed by atoms with Crippen molar-refractivity contribution in [3.8, 4) is 0 Å². The fourth-order valence-corrected chi connectivity index (χ4v) is 1.61. The Morgan fingerprint density at radius 1 is 1.17 bits per heavy atom. The minimum Gasteiger partial charge on any atom is -0.307 e. The van der Waals surface area contributed by atoms with Gasteiger partial charge in [-0.05, 0) is 24.6 Å². The van der Waals surface area contributed by atoms with Gasteiger partial charge in [0.05, 0.1) is 18.4 Å². The Hall–Kier alpha value is -1.82. The van der Waals surface area contributed by atoms with Crippen molar-refractivity contribution in [2.24, 2.45) is 0 Å². The fourth-order valence-electron chi connectivity index (χ4n) is 1.61. The molecule has 96 valence electrons. The third-order valence-electron chi connectivity index (χ3n) is 2.42. The zero-order valence-corrected chi connectivity index (χ0v) is 10.0. The van der Waals surface area contributed by atoms with Crippen molar-refractivity contribution in [1.29, 1.82) is 0 Å². The standard InChI is InChI=1S/C12H14F2N4/c1-2-18-16-8-12(17-18)7-15-6-9-3-10(13)5-11(14)4-9/h3-5,8,15H,2,6-7H2,1H3. The van der Waals surface area contributed by atoms with Crippen LogP contribution >= 0.6 is 0 Å². The van der Waals surface area contributed by atoms with Crippen LogP contribution in [0.1, 0.15) is 18.2 Å². The summed E-state index contributed by atoms with van der Waals surface area (Å²) in [6.07, 6.45) is 1.67. The van der Waals surface area contributed by atoms with Gasteiger partial charge in [0, 0.05) is 19.2 Å². The van der Waals surface area contributed by atoms with Crippen molar-refractivity contribution >= 4 is 0 Å². The van der Waals surface area contributed by atoms with Crippen LogP contribution in [-0.2, 0) is 19.6 Å². The zero-order valence-electron chi connectivity index (χ0n) is 10.0. The van der Waals surface area contributed by atoms with Crippen LogP contribution in [0.3, 0.4) is 0 Å². The quantitative estimate of drug-likeness (QED) is 0.883. The number of rotatable bonds is 5. The molecule has 0 spiro atoms. The number of aromatic nitrogens is 3. The van der Waals surface area contributed by atoms with Crippen LogP contribution in [0.5, 0.6) is 0 Å². The van der Waals surface area contributed by atoms with E-state index in [2.05, 4.69) is 15.5 Å². The van der Waals surface area contributed by atoms with E-state index in [1.807, 2.05) is 6.92 Å². The number of aryl methyl sites for hydroxylation is 1. The zero-order chi connectivity index (χ0) is 13.0. The van der Waals surface area contributed by atoms with Crippen molar-refractivity contribution < 1.29 is 8.78 Å². The average Bonchev–Trinajstić information content (AvgIpc) is 2.76. The van der Waals surface area contributed by atoms with Gasteiger partial charge in [-0.2, -0.15) is 15.0 Å². The largest absolute Gasteiger partial charge is 0.307 e. The lowest BCUT2D eigenvalue weighted by atomic mass is 10.2. The number of halogens is 2. The van der Waals surface area contributed by atoms with Crippen molar-refractivity contribution in [1.82, 2.24) is 20.3 Å². The Morgan fingerprint density at radius 2 is 1.89 bits per heavy atom. The van der Waals surface area contributed by atoms with Crippen LogP contribution < -0.4 is 5.32 Å². The molecule has 0 fully saturated rings. The van der Waals surface area contributed by atoms with Gasteiger partial charge in [0.25, 0.3) is 0 Å². The van der Waals surface area contributed by atoms with Crippen LogP contribution in [0.15, 0.2) is 24.4 Å². The van der Waals surface area contributed by atoms with Crippen molar-refractivity contribution in [2.75, 3.05) is 0 Å². The fraction of sp³-hybridized carbons (Fsp3) is 0.333. The summed E-state index contributed by atoms with van der Waals surface area (Å²) in [6.45, 7) is 3.56. The normalized spacial score (nSPS) is 10.8. The maximum Gasteiger partial charge on any atom is 0.126 e. The van der Waals surface area contributed by atoms with Gasteiger partial charge in [-0.25, -0.2) is 8.78 Å². The molecule has 0 aliphatic heterocycles. The van der Waals surface area contributed by atoms with E-state index in [9.17, 15) is 8.78 Å². The molecule has 0 bridgehead atoms. The van der Waals surface area contributed by atoms with E-state index >= 15 is 0 Å². The van der Waals surface area contributed by atoms with Gasteiger partial charge in [0.2, 0.25) is 0 Å². The molecule has 0 radical (unpaired) electrons. The third kappa shape index (κ3) is 3.33. The summed E-state index contributed by atoms with van der Waals surface area (Å²) in [7, 11) is 0. The molecule has 1 aromatic heterocycles. The highest BCUT2D eigenvalue weighted by molar-refractivity contribution is 5.17. The first-order chi connectivity index (χ1) is 8.67. The maximum atomic E-state index is 12.9. The van der Waals surface area contributed by atoms with Gasteiger partial charge in [-0.3, -0.25) is 0 Å². The highest BCUT2D eigenvalue weighted by atomic mass is 19.1. The molecule has 2 rings (SSSR count). The van der Waals surface area contributed by atoms with E-state index in [1.165, 1.54) is 12.1 Å². The Bertz CT molecular complexity index is 504. The van der Waals surface area contributed by atoms with E-state index in [1.54, 1.807) is 11.0 Å². The summed E-state index contributed by atoms with van der Waals surface area (Å²) in [4.78, 5) is 1.58. The number of hydrogen-bond acceptors (Lipinski definition) is 3. The molecule has 0 unspecified atom stereocenters. The highest BCUT2D eigenvalue weighted by Crippen LogP contribution is 2.07. The van der Waals surface area contributed by atoms with Gasteiger partial charge in [0.15, 0.2) is 0 Å². The Morgan fingerprint density at radius 3 is 2.50 bits per heavy atom. The van der Waals surface area contributed by atoms with Crippen LogP contribution in [-0.4, -0.2) is 15.0 Å². The van der Waals surface area contributed by atoms with Crippen molar-refractivity contribution in [3.63, 3.8) is 0 Å². The monoisotopic (exact) mass is 252 g/mol. The summed E-state index contributed by atoms with van der Waals surface area (Å²) in [6, 6.07) is 3.47. The molecule has 0 saturated carbocycles. The average molecular weight is 252 g/mol. The molecule has 4 nitrogen and oxygen atoms in total. The van der Waals surface area contributed by atoms with E-state index in [0.717, 1.165) is 18.3 Å². The molecule has 0 aliphatic carbocycles. The van der Waals surface area contributed by atoms with Crippen LogP contribution in [0.2, 0.25) is 0 Å². The maximum absolute atomic E-state index is 12.9. The molecule has 1 heterocycles. The molecule has 1 N–H and O–H groups in total. The molecular weight excluding hydrogens is 238 g/mol. The lowest BCUT2D eigenvalue weighted by molar-refractivity contribution is 0.555. The van der Waals surface area contributed by atoms with Crippen molar-refractivity contribution in [2.45, 2.75) is 26.6 Å². The Balaban J connectivity index is 1.88. The number of benzene rings is 1. The smallest absolute Gasteiger partial charge is 0.126 e. The van der Waals surface area contributed by atoms with E-state index in [0.29, 0.717) is 18.7 Å². The molecule has 0 amide bonds. The lowest BCUT2D eigenvalue weighted by Gasteiger charge is -2.03. The number of nitrogens with one attached hydrogen (secondary N) is 1. The molecule has 0 atom stereocenters. The Kier molecular flexibility index (Phi) is 3.99. The van der Waals surface area contributed by atoms with Gasteiger partial charge in [-0.15, -0.1) is 0 Å². The molecule has 18 heavy (non-hydrogen) atoms. The minimum absolute atomic E-state index is 0.383. The SMILES string of the molecule is CCn1ncc(CNCc2cc(F)cc(F)c2)n1. The second-order valence-electron chi connectivity index (χ2n) is 3.91. The first-order valence-electron chi connectivity index (χ1n) is 5.72. The number of hydrogen-bond donors (Lipinski definition) is 1. The lowest BCUT2D eigenvalue weighted by Crippen LogP contribution is -2.13. The van der Waals surface area contributed by atoms with Crippen LogP contribution in [0, 0.1) is 11.6 Å². The second-order valence-corrected chi connectivity index (χ2v) is 3.91. The molecule has 0 saturated heterocycles. The summed E-state index contributed by atoms with van der Waals surface area (Å²) < 4.78 is 25.9. The van der Waals surface area contributed by atoms with Crippen LogP contribution in [0.4, 0.5) is 8.78 Å². The summed E-state index contributed by atoms with van der Waals surface area (Å²) in [5.74, 6) is -1.13. The molecule has 1 aromatic carbocycles. The van der Waals surface area contributed by atoms with Crippen LogP contribution in [0.25, 0.3) is 0 Å². The van der Waals surface area contributed by atoms with Crippen molar-refractivity contribution in [3.05, 3.63) is 47.3 Å². The topological polar surface area (TPSA) is 42.7 Å². The van der Waals surface area contributed by atoms with Gasteiger partial charge >= 0.3 is 0 Å². The summed E-state index contributed by atoms with van der Waals surface area (Å²) >= 11 is 0. The third-order valence-corrected chi connectivity index (χ3v) is 2.42. The molecule has 2 aromatic rings. The molecule has 0 aliphatic rings. The van der Waals surface area contributed by atoms with E-state index in [4.69, 9.17) is 0 Å².